The van der Waals surface area contributed by atoms with Crippen molar-refractivity contribution < 1.29 is 13.6 Å². The van der Waals surface area contributed by atoms with Gasteiger partial charge in [0.05, 0.1) is 17.4 Å². The zero-order valence-electron chi connectivity index (χ0n) is 19.5. The Balaban J connectivity index is 1.07. The fourth-order valence-electron chi connectivity index (χ4n) is 5.95. The zero-order valence-corrected chi connectivity index (χ0v) is 19.5. The van der Waals surface area contributed by atoms with E-state index in [1.54, 1.807) is 18.6 Å². The van der Waals surface area contributed by atoms with Crippen LogP contribution in [0.5, 0.6) is 0 Å². The first-order chi connectivity index (χ1) is 17.4. The molecule has 36 heavy (non-hydrogen) atoms. The molecule has 0 spiro atoms. The van der Waals surface area contributed by atoms with Gasteiger partial charge in [-0.25, -0.2) is 18.7 Å². The molecule has 2 aromatic heterocycles. The van der Waals surface area contributed by atoms with Crippen molar-refractivity contribution in [1.29, 1.82) is 5.26 Å². The second-order valence-electron chi connectivity index (χ2n) is 9.84. The van der Waals surface area contributed by atoms with Crippen molar-refractivity contribution in [2.45, 2.75) is 25.8 Å². The molecule has 180 valence electrons. The normalized spacial score (nSPS) is 23.2. The number of nitrogens with zero attached hydrogens (tertiary/aromatic N) is 4. The predicted octanol–water partition coefficient (Wildman–Crippen LogP) is 5.72. The van der Waals surface area contributed by atoms with Gasteiger partial charge in [0, 0.05) is 41.5 Å². The van der Waals surface area contributed by atoms with Gasteiger partial charge in [0.15, 0.2) is 11.6 Å². The van der Waals surface area contributed by atoms with Crippen molar-refractivity contribution in [3.63, 3.8) is 0 Å². The zero-order chi connectivity index (χ0) is 25.0. The van der Waals surface area contributed by atoms with Crippen LogP contribution < -0.4 is 5.32 Å². The molecule has 5 atom stereocenters. The van der Waals surface area contributed by atoms with Crippen LogP contribution in [0.1, 0.15) is 31.5 Å². The molecule has 2 fully saturated rings. The van der Waals surface area contributed by atoms with E-state index in [1.807, 2.05) is 47.9 Å². The van der Waals surface area contributed by atoms with E-state index >= 15 is 0 Å². The highest BCUT2D eigenvalue weighted by atomic mass is 19.2. The Morgan fingerprint density at radius 3 is 2.42 bits per heavy atom. The number of hydrogen-bond donors (Lipinski definition) is 1. The van der Waals surface area contributed by atoms with Gasteiger partial charge in [-0.3, -0.25) is 4.79 Å². The fraction of sp³-hybridized carbons (Fsp3) is 0.286. The molecule has 4 aromatic rings. The Kier molecular flexibility index (Phi) is 5.29. The van der Waals surface area contributed by atoms with E-state index in [-0.39, 0.29) is 17.9 Å². The molecule has 1 amide bonds. The molecule has 6 nitrogen and oxygen atoms in total. The van der Waals surface area contributed by atoms with Crippen molar-refractivity contribution in [2.75, 3.05) is 5.32 Å². The second kappa shape index (κ2) is 8.52. The summed E-state index contributed by atoms with van der Waals surface area (Å²) in [7, 11) is 0. The number of benzene rings is 2. The molecule has 6 rings (SSSR count). The lowest BCUT2D eigenvalue weighted by molar-refractivity contribution is -0.120. The van der Waals surface area contributed by atoms with E-state index in [9.17, 15) is 13.6 Å². The molecular weight excluding hydrogens is 460 g/mol. The van der Waals surface area contributed by atoms with Crippen molar-refractivity contribution >= 4 is 22.6 Å². The van der Waals surface area contributed by atoms with Crippen LogP contribution in [0.15, 0.2) is 61.1 Å². The number of halogens is 2. The SMILES string of the molecule is C[C@H](C(=O)Nc1ccc(-c2ccc(C#N)nc2)cc1)[C@H]1[C@@H]2C[C@@H](n3cnc4cc(F)c(F)cc43)C[C@@H]21. The van der Waals surface area contributed by atoms with Gasteiger partial charge in [0.1, 0.15) is 11.8 Å². The number of nitriles is 1. The minimum absolute atomic E-state index is 0.00404. The van der Waals surface area contributed by atoms with Crippen LogP contribution >= 0.6 is 0 Å². The third kappa shape index (κ3) is 3.81. The van der Waals surface area contributed by atoms with Crippen LogP contribution in [0.4, 0.5) is 14.5 Å². The highest BCUT2D eigenvalue weighted by Crippen LogP contribution is 2.64. The van der Waals surface area contributed by atoms with E-state index in [0.29, 0.717) is 34.5 Å². The molecule has 2 aliphatic carbocycles. The van der Waals surface area contributed by atoms with Crippen molar-refractivity contribution in [2.24, 2.45) is 23.7 Å². The summed E-state index contributed by atoms with van der Waals surface area (Å²) in [6, 6.07) is 15.7. The molecule has 0 aliphatic heterocycles. The molecule has 0 saturated heterocycles. The van der Waals surface area contributed by atoms with Crippen molar-refractivity contribution in [3.05, 3.63) is 78.4 Å². The van der Waals surface area contributed by atoms with Gasteiger partial charge in [-0.05, 0) is 60.4 Å². The van der Waals surface area contributed by atoms with E-state index in [4.69, 9.17) is 5.26 Å². The summed E-state index contributed by atoms with van der Waals surface area (Å²) in [4.78, 5) is 21.3. The Morgan fingerprint density at radius 2 is 1.75 bits per heavy atom. The number of nitrogens with one attached hydrogen (secondary N) is 1. The van der Waals surface area contributed by atoms with Crippen molar-refractivity contribution in [1.82, 2.24) is 14.5 Å². The quantitative estimate of drug-likeness (QED) is 0.394. The third-order valence-electron chi connectivity index (χ3n) is 7.85. The lowest BCUT2D eigenvalue weighted by Crippen LogP contribution is -2.24. The van der Waals surface area contributed by atoms with Gasteiger partial charge in [0.25, 0.3) is 0 Å². The minimum atomic E-state index is -0.886. The molecule has 0 unspecified atom stereocenters. The average Bonchev–Trinajstić information content (AvgIpc) is 3.18. The molecule has 0 radical (unpaired) electrons. The minimum Gasteiger partial charge on any atom is -0.327 e. The van der Waals surface area contributed by atoms with Crippen LogP contribution in [0.2, 0.25) is 0 Å². The van der Waals surface area contributed by atoms with Gasteiger partial charge in [0.2, 0.25) is 5.91 Å². The highest BCUT2D eigenvalue weighted by Gasteiger charge is 2.59. The molecule has 8 heteroatoms. The second-order valence-corrected chi connectivity index (χ2v) is 9.84. The van der Waals surface area contributed by atoms with Crippen LogP contribution in [-0.2, 0) is 4.79 Å². The summed E-state index contributed by atoms with van der Waals surface area (Å²) in [6.07, 6.45) is 5.14. The van der Waals surface area contributed by atoms with Crippen LogP contribution in [-0.4, -0.2) is 20.4 Å². The van der Waals surface area contributed by atoms with E-state index in [2.05, 4.69) is 15.3 Å². The van der Waals surface area contributed by atoms with E-state index in [1.165, 1.54) is 6.07 Å². The maximum Gasteiger partial charge on any atom is 0.227 e. The number of fused-ring (bicyclic) bond motifs is 2. The first-order valence-corrected chi connectivity index (χ1v) is 12.0. The number of aromatic nitrogens is 3. The van der Waals surface area contributed by atoms with E-state index in [0.717, 1.165) is 35.7 Å². The van der Waals surface area contributed by atoms with Crippen LogP contribution in [0.3, 0.4) is 0 Å². The number of rotatable bonds is 5. The number of pyridine rings is 1. The molecule has 1 N–H and O–H groups in total. The fourth-order valence-corrected chi connectivity index (χ4v) is 5.95. The van der Waals surface area contributed by atoms with Crippen LogP contribution in [0.25, 0.3) is 22.2 Å². The molecule has 2 aliphatic rings. The average molecular weight is 484 g/mol. The summed E-state index contributed by atoms with van der Waals surface area (Å²) in [5.41, 5.74) is 4.04. The molecule has 2 heterocycles. The van der Waals surface area contributed by atoms with Gasteiger partial charge < -0.3 is 9.88 Å². The maximum absolute atomic E-state index is 13.8. The number of anilines is 1. The number of hydrogen-bond acceptors (Lipinski definition) is 4. The Morgan fingerprint density at radius 1 is 1.06 bits per heavy atom. The summed E-state index contributed by atoms with van der Waals surface area (Å²) in [6.45, 7) is 1.98. The lowest BCUT2D eigenvalue weighted by atomic mass is 9.96. The maximum atomic E-state index is 13.8. The summed E-state index contributed by atoms with van der Waals surface area (Å²) in [5, 5.41) is 11.9. The topological polar surface area (TPSA) is 83.6 Å². The number of carbonyl (C=O) groups is 1. The predicted molar refractivity (Wildman–Crippen MR) is 131 cm³/mol. The lowest BCUT2D eigenvalue weighted by Gasteiger charge is -2.20. The first kappa shape index (κ1) is 22.4. The number of carbonyl (C=O) groups excluding carboxylic acids is 1. The Bertz CT molecular complexity index is 1490. The largest absolute Gasteiger partial charge is 0.327 e. The van der Waals surface area contributed by atoms with Gasteiger partial charge in [-0.15, -0.1) is 0 Å². The standard InChI is InChI=1S/C28H23F2N5O/c1-15(28(36)34-18-5-2-16(3-6-18)17-4-7-19(12-31)32-13-17)27-21-8-20(9-22(21)27)35-14-33-25-10-23(29)24(30)11-26(25)35/h2-7,10-11,13-15,20-22,27H,8-9H2,1H3,(H,34,36)/t15-,20-,21-,22+,27+/m0/s1. The smallest absolute Gasteiger partial charge is 0.227 e. The summed E-state index contributed by atoms with van der Waals surface area (Å²) in [5.74, 6) is -0.637. The van der Waals surface area contributed by atoms with Crippen LogP contribution in [0, 0.1) is 46.6 Å². The third-order valence-corrected chi connectivity index (χ3v) is 7.85. The molecule has 0 bridgehead atoms. The molecular formula is C28H23F2N5O. The molecule has 2 saturated carbocycles. The number of imidazole rings is 1. The monoisotopic (exact) mass is 483 g/mol. The van der Waals surface area contributed by atoms with Gasteiger partial charge in [-0.1, -0.05) is 19.1 Å². The summed E-state index contributed by atoms with van der Waals surface area (Å²) < 4.78 is 29.3. The summed E-state index contributed by atoms with van der Waals surface area (Å²) >= 11 is 0. The highest BCUT2D eigenvalue weighted by molar-refractivity contribution is 5.93. The van der Waals surface area contributed by atoms with Gasteiger partial charge in [-0.2, -0.15) is 5.26 Å². The molecule has 2 aromatic carbocycles. The van der Waals surface area contributed by atoms with Gasteiger partial charge >= 0.3 is 0 Å². The number of amides is 1. The first-order valence-electron chi connectivity index (χ1n) is 12.0. The Hall–Kier alpha value is -4.12. The van der Waals surface area contributed by atoms with E-state index < -0.39 is 11.6 Å². The Labute approximate surface area is 206 Å². The van der Waals surface area contributed by atoms with Crippen molar-refractivity contribution in [3.8, 4) is 17.2 Å².